The summed E-state index contributed by atoms with van der Waals surface area (Å²) < 4.78 is 5.07. The first kappa shape index (κ1) is 17.8. The first-order chi connectivity index (χ1) is 9.41. The van der Waals surface area contributed by atoms with Gasteiger partial charge in [0.2, 0.25) is 0 Å². The largest absolute Gasteiger partial charge is 0.466 e. The molecule has 0 heterocycles. The Morgan fingerprint density at radius 2 is 2.10 bits per heavy atom. The van der Waals surface area contributed by atoms with Crippen molar-refractivity contribution in [2.75, 3.05) is 32.2 Å². The molecule has 1 atom stereocenters. The highest BCUT2D eigenvalue weighted by Gasteiger charge is 2.37. The standard InChI is InChI=1S/C15H29NO3S/c1-5-19-14(17)13-6-8-15(18,9-7-13)11-16(3)12(2)10-20-4/h12-13,18H,5-11H2,1-4H3. The van der Waals surface area contributed by atoms with Crippen LogP contribution in [0.5, 0.6) is 0 Å². The molecule has 0 aliphatic heterocycles. The molecular weight excluding hydrogens is 274 g/mol. The molecule has 1 N–H and O–H groups in total. The van der Waals surface area contributed by atoms with Crippen LogP contribution in [0.1, 0.15) is 39.5 Å². The van der Waals surface area contributed by atoms with Gasteiger partial charge in [-0.15, -0.1) is 0 Å². The average molecular weight is 303 g/mol. The van der Waals surface area contributed by atoms with Crippen molar-refractivity contribution in [1.29, 1.82) is 0 Å². The van der Waals surface area contributed by atoms with Gasteiger partial charge in [-0.1, -0.05) is 0 Å². The SMILES string of the molecule is CCOC(=O)C1CCC(O)(CN(C)C(C)CSC)CC1. The number of thioether (sulfide) groups is 1. The van der Waals surface area contributed by atoms with Gasteiger partial charge in [-0.3, -0.25) is 4.79 Å². The van der Waals surface area contributed by atoms with Crippen molar-refractivity contribution in [3.63, 3.8) is 0 Å². The van der Waals surface area contributed by atoms with E-state index in [2.05, 4.69) is 25.1 Å². The Hall–Kier alpha value is -0.260. The molecule has 1 fully saturated rings. The summed E-state index contributed by atoms with van der Waals surface area (Å²) >= 11 is 1.82. The Bertz CT molecular complexity index is 303. The lowest BCUT2D eigenvalue weighted by Crippen LogP contribution is -2.48. The predicted octanol–water partition coefficient (Wildman–Crippen LogP) is 2.15. The van der Waals surface area contributed by atoms with Gasteiger partial charge in [0.05, 0.1) is 18.1 Å². The summed E-state index contributed by atoms with van der Waals surface area (Å²) in [4.78, 5) is 13.9. The first-order valence-corrected chi connectivity index (χ1v) is 8.89. The van der Waals surface area contributed by atoms with Gasteiger partial charge in [0.1, 0.15) is 0 Å². The third-order valence-electron chi connectivity index (χ3n) is 4.24. The molecule has 0 bridgehead atoms. The summed E-state index contributed by atoms with van der Waals surface area (Å²) in [5.74, 6) is 0.945. The van der Waals surface area contributed by atoms with Crippen molar-refractivity contribution in [3.05, 3.63) is 0 Å². The molecule has 20 heavy (non-hydrogen) atoms. The third kappa shape index (κ3) is 5.26. The zero-order valence-corrected chi connectivity index (χ0v) is 14.0. The van der Waals surface area contributed by atoms with Gasteiger partial charge >= 0.3 is 5.97 Å². The van der Waals surface area contributed by atoms with E-state index in [9.17, 15) is 9.90 Å². The lowest BCUT2D eigenvalue weighted by Gasteiger charge is -2.39. The Kier molecular flexibility index (Phi) is 7.34. The fourth-order valence-electron chi connectivity index (χ4n) is 2.80. The Balaban J connectivity index is 2.43. The first-order valence-electron chi connectivity index (χ1n) is 7.50. The minimum absolute atomic E-state index is 0.0239. The van der Waals surface area contributed by atoms with Crippen molar-refractivity contribution < 1.29 is 14.6 Å². The summed E-state index contributed by atoms with van der Waals surface area (Å²) in [6.07, 6.45) is 4.95. The molecule has 0 aromatic rings. The lowest BCUT2D eigenvalue weighted by atomic mass is 9.78. The van der Waals surface area contributed by atoms with Gasteiger partial charge < -0.3 is 14.7 Å². The lowest BCUT2D eigenvalue weighted by molar-refractivity contribution is -0.151. The zero-order valence-electron chi connectivity index (χ0n) is 13.2. The van der Waals surface area contributed by atoms with E-state index in [-0.39, 0.29) is 11.9 Å². The third-order valence-corrected chi connectivity index (χ3v) is 5.06. The number of nitrogens with zero attached hydrogens (tertiary/aromatic N) is 1. The monoisotopic (exact) mass is 303 g/mol. The number of hydrogen-bond donors (Lipinski definition) is 1. The second-order valence-electron chi connectivity index (χ2n) is 5.97. The molecule has 118 valence electrons. The zero-order chi connectivity index (χ0) is 15.2. The second kappa shape index (κ2) is 8.25. The number of ether oxygens (including phenoxy) is 1. The van der Waals surface area contributed by atoms with Crippen molar-refractivity contribution >= 4 is 17.7 Å². The maximum Gasteiger partial charge on any atom is 0.308 e. The molecule has 0 radical (unpaired) electrons. The van der Waals surface area contributed by atoms with Crippen molar-refractivity contribution in [3.8, 4) is 0 Å². The maximum atomic E-state index is 11.7. The van der Waals surface area contributed by atoms with Crippen LogP contribution in [0.15, 0.2) is 0 Å². The normalized spacial score (nSPS) is 28.4. The molecule has 1 saturated carbocycles. The van der Waals surface area contributed by atoms with Gasteiger partial charge in [-0.25, -0.2) is 0 Å². The van der Waals surface area contributed by atoms with Gasteiger partial charge in [-0.2, -0.15) is 11.8 Å². The molecule has 0 aromatic carbocycles. The highest BCUT2D eigenvalue weighted by Crippen LogP contribution is 2.33. The molecular formula is C15H29NO3S. The van der Waals surface area contributed by atoms with E-state index >= 15 is 0 Å². The summed E-state index contributed by atoms with van der Waals surface area (Å²) in [5.41, 5.74) is -0.648. The van der Waals surface area contributed by atoms with Gasteiger partial charge in [0.25, 0.3) is 0 Å². The number of carbonyl (C=O) groups is 1. The number of rotatable bonds is 7. The Morgan fingerprint density at radius 1 is 1.50 bits per heavy atom. The molecule has 1 unspecified atom stereocenters. The minimum Gasteiger partial charge on any atom is -0.466 e. The number of aliphatic hydroxyl groups is 1. The van der Waals surface area contributed by atoms with Crippen LogP contribution in [-0.2, 0) is 9.53 Å². The maximum absolute atomic E-state index is 11.7. The number of carbonyl (C=O) groups excluding carboxylic acids is 1. The fraction of sp³-hybridized carbons (Fsp3) is 0.933. The highest BCUT2D eigenvalue weighted by atomic mass is 32.2. The van der Waals surface area contributed by atoms with Crippen LogP contribution in [-0.4, -0.2) is 59.8 Å². The van der Waals surface area contributed by atoms with Crippen LogP contribution in [0.2, 0.25) is 0 Å². The second-order valence-corrected chi connectivity index (χ2v) is 6.88. The molecule has 0 amide bonds. The van der Waals surface area contributed by atoms with Gasteiger partial charge in [-0.05, 0) is 52.8 Å². The van der Waals surface area contributed by atoms with Gasteiger partial charge in [0.15, 0.2) is 0 Å². The van der Waals surface area contributed by atoms with E-state index in [1.807, 2.05) is 18.7 Å². The van der Waals surface area contributed by atoms with E-state index < -0.39 is 5.60 Å². The Labute approximate surface area is 127 Å². The van der Waals surface area contributed by atoms with Crippen LogP contribution in [0.4, 0.5) is 0 Å². The van der Waals surface area contributed by atoms with Crippen molar-refractivity contribution in [2.24, 2.45) is 5.92 Å². The molecule has 0 spiro atoms. The average Bonchev–Trinajstić information content (AvgIpc) is 2.39. The van der Waals surface area contributed by atoms with E-state index in [0.717, 1.165) is 18.6 Å². The van der Waals surface area contributed by atoms with Crippen molar-refractivity contribution in [1.82, 2.24) is 4.90 Å². The Morgan fingerprint density at radius 3 is 2.60 bits per heavy atom. The van der Waals surface area contributed by atoms with Crippen LogP contribution in [0.3, 0.4) is 0 Å². The number of likely N-dealkylation sites (N-methyl/N-ethyl adjacent to an activating group) is 1. The van der Waals surface area contributed by atoms with Crippen LogP contribution in [0, 0.1) is 5.92 Å². The molecule has 5 heteroatoms. The smallest absolute Gasteiger partial charge is 0.308 e. The number of hydrogen-bond acceptors (Lipinski definition) is 5. The summed E-state index contributed by atoms with van der Waals surface area (Å²) in [6, 6.07) is 0.455. The fourth-order valence-corrected chi connectivity index (χ4v) is 3.53. The van der Waals surface area contributed by atoms with Crippen molar-refractivity contribution in [2.45, 2.75) is 51.2 Å². The molecule has 4 nitrogen and oxygen atoms in total. The van der Waals surface area contributed by atoms with Crippen LogP contribution < -0.4 is 0 Å². The van der Waals surface area contributed by atoms with Crippen LogP contribution >= 0.6 is 11.8 Å². The molecule has 0 aromatic heterocycles. The summed E-state index contributed by atoms with van der Waals surface area (Å²) in [7, 11) is 2.07. The summed E-state index contributed by atoms with van der Waals surface area (Å²) in [5, 5.41) is 10.7. The molecule has 1 aliphatic carbocycles. The number of esters is 1. The van der Waals surface area contributed by atoms with E-state index in [0.29, 0.717) is 32.0 Å². The minimum atomic E-state index is -0.648. The van der Waals surface area contributed by atoms with E-state index in [1.165, 1.54) is 0 Å². The molecule has 1 rings (SSSR count). The van der Waals surface area contributed by atoms with E-state index in [1.54, 1.807) is 0 Å². The topological polar surface area (TPSA) is 49.8 Å². The predicted molar refractivity (Wildman–Crippen MR) is 84.0 cm³/mol. The van der Waals surface area contributed by atoms with Crippen LogP contribution in [0.25, 0.3) is 0 Å². The van der Waals surface area contributed by atoms with E-state index in [4.69, 9.17) is 4.74 Å². The molecule has 0 saturated heterocycles. The molecule has 1 aliphatic rings. The summed E-state index contributed by atoms with van der Waals surface area (Å²) in [6.45, 7) is 5.14. The van der Waals surface area contributed by atoms with Gasteiger partial charge in [0, 0.05) is 18.3 Å². The highest BCUT2D eigenvalue weighted by molar-refractivity contribution is 7.98. The quantitative estimate of drug-likeness (QED) is 0.730.